The Morgan fingerprint density at radius 3 is 2.58 bits per heavy atom. The molecule has 2 heteroatoms. The van der Waals surface area contributed by atoms with Crippen LogP contribution >= 0.6 is 0 Å². The zero-order chi connectivity index (χ0) is 14.1. The molecule has 0 heterocycles. The van der Waals surface area contributed by atoms with E-state index in [2.05, 4.69) is 30.8 Å². The fourth-order valence-electron chi connectivity index (χ4n) is 2.02. The zero-order valence-corrected chi connectivity index (χ0v) is 12.0. The van der Waals surface area contributed by atoms with Gasteiger partial charge in [0.2, 0.25) is 0 Å². The smallest absolute Gasteiger partial charge is 0.333 e. The third-order valence-corrected chi connectivity index (χ3v) is 3.33. The van der Waals surface area contributed by atoms with E-state index in [-0.39, 0.29) is 11.9 Å². The SMILES string of the molecule is C=C(C(=O)OCC)C(C)CCCCc1ccccc1. The number of rotatable bonds is 8. The lowest BCUT2D eigenvalue weighted by atomic mass is 9.95. The first kappa shape index (κ1) is 15.5. The summed E-state index contributed by atoms with van der Waals surface area (Å²) in [6, 6.07) is 10.5. The molecule has 0 saturated carbocycles. The van der Waals surface area contributed by atoms with Gasteiger partial charge in [0.25, 0.3) is 0 Å². The number of aryl methyl sites for hydroxylation is 1. The largest absolute Gasteiger partial charge is 0.463 e. The van der Waals surface area contributed by atoms with Crippen LogP contribution in [0.5, 0.6) is 0 Å². The Kier molecular flexibility index (Phi) is 6.94. The Morgan fingerprint density at radius 2 is 1.95 bits per heavy atom. The quantitative estimate of drug-likeness (QED) is 0.398. The molecular formula is C17H24O2. The van der Waals surface area contributed by atoms with Gasteiger partial charge in [-0.3, -0.25) is 0 Å². The topological polar surface area (TPSA) is 26.3 Å². The van der Waals surface area contributed by atoms with Gasteiger partial charge in [0.15, 0.2) is 0 Å². The Hall–Kier alpha value is -1.57. The lowest BCUT2D eigenvalue weighted by Gasteiger charge is -2.13. The Bertz CT molecular complexity index is 395. The molecule has 104 valence electrons. The van der Waals surface area contributed by atoms with E-state index in [4.69, 9.17) is 4.74 Å². The van der Waals surface area contributed by atoms with Crippen molar-refractivity contribution in [1.82, 2.24) is 0 Å². The highest BCUT2D eigenvalue weighted by molar-refractivity contribution is 5.88. The molecule has 1 rings (SSSR count). The summed E-state index contributed by atoms with van der Waals surface area (Å²) in [4.78, 5) is 11.5. The average molecular weight is 260 g/mol. The number of unbranched alkanes of at least 4 members (excludes halogenated alkanes) is 1. The molecule has 0 bridgehead atoms. The number of hydrogen-bond acceptors (Lipinski definition) is 2. The molecule has 1 atom stereocenters. The van der Waals surface area contributed by atoms with Gasteiger partial charge in [-0.25, -0.2) is 4.79 Å². The standard InChI is InChI=1S/C17H24O2/c1-4-19-17(18)15(3)14(2)10-8-9-13-16-11-6-5-7-12-16/h5-7,11-12,14H,3-4,8-10,13H2,1-2H3. The van der Waals surface area contributed by atoms with Crippen molar-refractivity contribution in [3.63, 3.8) is 0 Å². The van der Waals surface area contributed by atoms with Crippen LogP contribution in [0.3, 0.4) is 0 Å². The minimum absolute atomic E-state index is 0.204. The van der Waals surface area contributed by atoms with Crippen molar-refractivity contribution in [3.8, 4) is 0 Å². The second kappa shape index (κ2) is 8.52. The van der Waals surface area contributed by atoms with Crippen molar-refractivity contribution in [3.05, 3.63) is 48.0 Å². The first-order chi connectivity index (χ1) is 9.15. The summed E-state index contributed by atoms with van der Waals surface area (Å²) < 4.78 is 4.96. The highest BCUT2D eigenvalue weighted by Gasteiger charge is 2.15. The number of ether oxygens (including phenoxy) is 1. The summed E-state index contributed by atoms with van der Waals surface area (Å²) in [5.41, 5.74) is 1.97. The van der Waals surface area contributed by atoms with E-state index in [1.807, 2.05) is 19.9 Å². The summed E-state index contributed by atoms with van der Waals surface area (Å²) in [6.07, 6.45) is 4.34. The van der Waals surface area contributed by atoms with Crippen LogP contribution in [0.25, 0.3) is 0 Å². The van der Waals surface area contributed by atoms with Gasteiger partial charge in [-0.1, -0.05) is 50.3 Å². The molecule has 0 fully saturated rings. The van der Waals surface area contributed by atoms with Gasteiger partial charge in [0.05, 0.1) is 6.61 Å². The maximum Gasteiger partial charge on any atom is 0.333 e. The molecule has 1 unspecified atom stereocenters. The second-order valence-electron chi connectivity index (χ2n) is 4.88. The van der Waals surface area contributed by atoms with Crippen molar-refractivity contribution in [2.24, 2.45) is 5.92 Å². The monoisotopic (exact) mass is 260 g/mol. The van der Waals surface area contributed by atoms with Crippen LogP contribution in [0.15, 0.2) is 42.5 Å². The molecule has 0 aromatic heterocycles. The maximum atomic E-state index is 11.5. The third kappa shape index (κ3) is 5.73. The van der Waals surface area contributed by atoms with E-state index >= 15 is 0 Å². The molecule has 0 N–H and O–H groups in total. The summed E-state index contributed by atoms with van der Waals surface area (Å²) in [5, 5.41) is 0. The van der Waals surface area contributed by atoms with Crippen molar-refractivity contribution in [2.45, 2.75) is 39.5 Å². The lowest BCUT2D eigenvalue weighted by molar-refractivity contribution is -0.139. The zero-order valence-electron chi connectivity index (χ0n) is 12.0. The number of benzene rings is 1. The molecule has 0 aliphatic heterocycles. The van der Waals surface area contributed by atoms with Crippen molar-refractivity contribution in [1.29, 1.82) is 0 Å². The molecule has 0 saturated heterocycles. The molecule has 19 heavy (non-hydrogen) atoms. The molecule has 0 amide bonds. The first-order valence-corrected chi connectivity index (χ1v) is 7.05. The summed E-state index contributed by atoms with van der Waals surface area (Å²) >= 11 is 0. The van der Waals surface area contributed by atoms with Crippen LogP contribution in [-0.4, -0.2) is 12.6 Å². The minimum Gasteiger partial charge on any atom is -0.463 e. The Morgan fingerprint density at radius 1 is 1.26 bits per heavy atom. The van der Waals surface area contributed by atoms with E-state index in [1.54, 1.807) is 0 Å². The van der Waals surface area contributed by atoms with E-state index in [0.717, 1.165) is 25.7 Å². The first-order valence-electron chi connectivity index (χ1n) is 7.05. The lowest BCUT2D eigenvalue weighted by Crippen LogP contribution is -2.13. The molecule has 2 nitrogen and oxygen atoms in total. The van der Waals surface area contributed by atoms with E-state index in [9.17, 15) is 4.79 Å². The van der Waals surface area contributed by atoms with E-state index < -0.39 is 0 Å². The Labute approximate surface area is 116 Å². The van der Waals surface area contributed by atoms with Gasteiger partial charge in [-0.2, -0.15) is 0 Å². The van der Waals surface area contributed by atoms with Gasteiger partial charge in [-0.15, -0.1) is 0 Å². The van der Waals surface area contributed by atoms with Crippen LogP contribution in [0, 0.1) is 5.92 Å². The van der Waals surface area contributed by atoms with E-state index in [0.29, 0.717) is 12.2 Å². The number of esters is 1. The van der Waals surface area contributed by atoms with Crippen LogP contribution in [-0.2, 0) is 16.0 Å². The van der Waals surface area contributed by atoms with E-state index in [1.165, 1.54) is 5.56 Å². The predicted octanol–water partition coefficient (Wildman–Crippen LogP) is 4.15. The maximum absolute atomic E-state index is 11.5. The highest BCUT2D eigenvalue weighted by atomic mass is 16.5. The predicted molar refractivity (Wildman–Crippen MR) is 78.9 cm³/mol. The third-order valence-electron chi connectivity index (χ3n) is 3.33. The van der Waals surface area contributed by atoms with Crippen LogP contribution < -0.4 is 0 Å². The molecule has 0 spiro atoms. The molecule has 0 aliphatic rings. The highest BCUT2D eigenvalue weighted by Crippen LogP contribution is 2.18. The van der Waals surface area contributed by atoms with Crippen molar-refractivity contribution in [2.75, 3.05) is 6.61 Å². The van der Waals surface area contributed by atoms with Crippen LogP contribution in [0.1, 0.15) is 38.7 Å². The number of carbonyl (C=O) groups is 1. The summed E-state index contributed by atoms with van der Waals surface area (Å²) in [6.45, 7) is 8.11. The molecule has 1 aromatic carbocycles. The average Bonchev–Trinajstić information content (AvgIpc) is 2.44. The van der Waals surface area contributed by atoms with Crippen LogP contribution in [0.2, 0.25) is 0 Å². The number of carbonyl (C=O) groups excluding carboxylic acids is 1. The van der Waals surface area contributed by atoms with Gasteiger partial charge in [0.1, 0.15) is 0 Å². The van der Waals surface area contributed by atoms with Gasteiger partial charge < -0.3 is 4.74 Å². The summed E-state index contributed by atoms with van der Waals surface area (Å²) in [5.74, 6) is -0.0483. The molecular weight excluding hydrogens is 236 g/mol. The second-order valence-corrected chi connectivity index (χ2v) is 4.88. The van der Waals surface area contributed by atoms with Gasteiger partial charge in [0, 0.05) is 5.57 Å². The summed E-state index contributed by atoms with van der Waals surface area (Å²) in [7, 11) is 0. The molecule has 1 aromatic rings. The van der Waals surface area contributed by atoms with Gasteiger partial charge >= 0.3 is 5.97 Å². The molecule has 0 radical (unpaired) electrons. The Balaban J connectivity index is 2.22. The number of hydrogen-bond donors (Lipinski definition) is 0. The fraction of sp³-hybridized carbons (Fsp3) is 0.471. The van der Waals surface area contributed by atoms with Crippen molar-refractivity contribution < 1.29 is 9.53 Å². The fourth-order valence-corrected chi connectivity index (χ4v) is 2.02. The van der Waals surface area contributed by atoms with Crippen molar-refractivity contribution >= 4 is 5.97 Å². The van der Waals surface area contributed by atoms with Crippen LogP contribution in [0.4, 0.5) is 0 Å². The normalized spacial score (nSPS) is 11.9. The van der Waals surface area contributed by atoms with Gasteiger partial charge in [-0.05, 0) is 37.7 Å². The molecule has 0 aliphatic carbocycles. The minimum atomic E-state index is -0.252.